The zero-order valence-electron chi connectivity index (χ0n) is 12.6. The zero-order chi connectivity index (χ0) is 14.8. The highest BCUT2D eigenvalue weighted by Gasteiger charge is 2.31. The predicted molar refractivity (Wildman–Crippen MR) is 77.5 cm³/mol. The number of aromatic nitrogens is 2. The topological polar surface area (TPSA) is 85.2 Å². The Balaban J connectivity index is 1.59. The molecule has 1 unspecified atom stereocenters. The van der Waals surface area contributed by atoms with E-state index in [9.17, 15) is 4.79 Å². The van der Waals surface area contributed by atoms with Gasteiger partial charge in [-0.25, -0.2) is 0 Å². The number of likely N-dealkylation sites (tertiary alicyclic amines) is 1. The molecule has 3 atom stereocenters. The molecule has 0 spiro atoms. The van der Waals surface area contributed by atoms with Gasteiger partial charge in [0.05, 0.1) is 5.92 Å². The van der Waals surface area contributed by atoms with E-state index >= 15 is 0 Å². The molecule has 6 heteroatoms. The van der Waals surface area contributed by atoms with Gasteiger partial charge >= 0.3 is 0 Å². The molecule has 0 bridgehead atoms. The third kappa shape index (κ3) is 3.26. The summed E-state index contributed by atoms with van der Waals surface area (Å²) in [6.07, 6.45) is 5.90. The lowest BCUT2D eigenvalue weighted by molar-refractivity contribution is -0.133. The van der Waals surface area contributed by atoms with E-state index in [-0.39, 0.29) is 17.9 Å². The Bertz CT molecular complexity index is 502. The van der Waals surface area contributed by atoms with Crippen molar-refractivity contribution in [1.29, 1.82) is 0 Å². The van der Waals surface area contributed by atoms with Crippen LogP contribution < -0.4 is 5.73 Å². The van der Waals surface area contributed by atoms with Gasteiger partial charge in [-0.3, -0.25) is 4.79 Å². The second-order valence-corrected chi connectivity index (χ2v) is 6.42. The molecule has 0 radical (unpaired) electrons. The quantitative estimate of drug-likeness (QED) is 0.914. The predicted octanol–water partition coefficient (Wildman–Crippen LogP) is 1.60. The van der Waals surface area contributed by atoms with Gasteiger partial charge in [-0.05, 0) is 38.5 Å². The number of nitrogens with zero attached hydrogens (tertiary/aromatic N) is 3. The summed E-state index contributed by atoms with van der Waals surface area (Å²) in [5.74, 6) is 2.11. The summed E-state index contributed by atoms with van der Waals surface area (Å²) in [5.41, 5.74) is 6.07. The maximum atomic E-state index is 12.5. The molecule has 1 aliphatic carbocycles. The molecule has 2 N–H and O–H groups in total. The van der Waals surface area contributed by atoms with Crippen LogP contribution in [0.2, 0.25) is 0 Å². The van der Waals surface area contributed by atoms with Crippen LogP contribution in [0.4, 0.5) is 0 Å². The van der Waals surface area contributed by atoms with Gasteiger partial charge in [-0.1, -0.05) is 11.6 Å². The molecule has 3 rings (SSSR count). The summed E-state index contributed by atoms with van der Waals surface area (Å²) in [4.78, 5) is 18.8. The lowest BCUT2D eigenvalue weighted by Gasteiger charge is -2.32. The fourth-order valence-electron chi connectivity index (χ4n) is 3.56. The Kier molecular flexibility index (Phi) is 4.24. The monoisotopic (exact) mass is 292 g/mol. The number of amides is 1. The van der Waals surface area contributed by atoms with Gasteiger partial charge in [0.15, 0.2) is 5.82 Å². The Labute approximate surface area is 125 Å². The van der Waals surface area contributed by atoms with Crippen molar-refractivity contribution >= 4 is 5.91 Å². The Morgan fingerprint density at radius 3 is 2.90 bits per heavy atom. The van der Waals surface area contributed by atoms with Crippen LogP contribution in [0.3, 0.4) is 0 Å². The van der Waals surface area contributed by atoms with Gasteiger partial charge in [0.2, 0.25) is 11.8 Å². The third-order valence-electron chi connectivity index (χ3n) is 4.82. The number of piperidine rings is 1. The highest BCUT2D eigenvalue weighted by Crippen LogP contribution is 2.30. The van der Waals surface area contributed by atoms with Crippen molar-refractivity contribution in [3.8, 4) is 0 Å². The number of carbonyl (C=O) groups excluding carboxylic acids is 1. The van der Waals surface area contributed by atoms with Crippen molar-refractivity contribution in [3.05, 3.63) is 11.7 Å². The first-order chi connectivity index (χ1) is 10.1. The van der Waals surface area contributed by atoms with Crippen molar-refractivity contribution < 1.29 is 9.32 Å². The number of hydrogen-bond acceptors (Lipinski definition) is 5. The van der Waals surface area contributed by atoms with Crippen LogP contribution in [-0.4, -0.2) is 40.1 Å². The minimum absolute atomic E-state index is 0.182. The summed E-state index contributed by atoms with van der Waals surface area (Å²) in [5, 5.41) is 3.85. The van der Waals surface area contributed by atoms with E-state index in [1.165, 1.54) is 0 Å². The highest BCUT2D eigenvalue weighted by atomic mass is 16.5. The Morgan fingerprint density at radius 1 is 1.38 bits per heavy atom. The van der Waals surface area contributed by atoms with Gasteiger partial charge in [-0.15, -0.1) is 0 Å². The van der Waals surface area contributed by atoms with E-state index in [0.29, 0.717) is 30.6 Å². The van der Waals surface area contributed by atoms with E-state index in [1.54, 1.807) is 0 Å². The smallest absolute Gasteiger partial charge is 0.231 e. The first-order valence-electron chi connectivity index (χ1n) is 7.97. The zero-order valence-corrected chi connectivity index (χ0v) is 12.6. The maximum Gasteiger partial charge on any atom is 0.231 e. The molecule has 21 heavy (non-hydrogen) atoms. The lowest BCUT2D eigenvalue weighted by Crippen LogP contribution is -2.41. The summed E-state index contributed by atoms with van der Waals surface area (Å²) in [6, 6.07) is 0.202. The van der Waals surface area contributed by atoms with Crippen molar-refractivity contribution in [2.24, 2.45) is 11.7 Å². The van der Waals surface area contributed by atoms with Gasteiger partial charge in [0, 0.05) is 25.6 Å². The van der Waals surface area contributed by atoms with Crippen molar-refractivity contribution in [2.45, 2.75) is 57.4 Å². The fraction of sp³-hybridized carbons (Fsp3) is 0.800. The molecular weight excluding hydrogens is 268 g/mol. The summed E-state index contributed by atoms with van der Waals surface area (Å²) in [6.45, 7) is 3.35. The molecule has 116 valence electrons. The number of hydrogen-bond donors (Lipinski definition) is 1. The van der Waals surface area contributed by atoms with Crippen LogP contribution in [0.25, 0.3) is 0 Å². The van der Waals surface area contributed by atoms with Crippen LogP contribution in [0.15, 0.2) is 4.52 Å². The molecule has 2 heterocycles. The average Bonchev–Trinajstić information content (AvgIpc) is 3.08. The first kappa shape index (κ1) is 14.5. The van der Waals surface area contributed by atoms with Gasteiger partial charge in [0.1, 0.15) is 0 Å². The summed E-state index contributed by atoms with van der Waals surface area (Å²) >= 11 is 0. The SMILES string of the molecule is Cc1noc(C2CCCN(C(=O)C[C@@H]3CCC[C@H]3N)C2)n1. The largest absolute Gasteiger partial charge is 0.342 e. The molecule has 0 aromatic carbocycles. The van der Waals surface area contributed by atoms with Gasteiger partial charge < -0.3 is 15.2 Å². The molecule has 1 aliphatic heterocycles. The van der Waals surface area contributed by atoms with Crippen molar-refractivity contribution in [2.75, 3.05) is 13.1 Å². The average molecular weight is 292 g/mol. The molecule has 1 aromatic heterocycles. The lowest BCUT2D eigenvalue weighted by atomic mass is 9.95. The van der Waals surface area contributed by atoms with Crippen LogP contribution in [-0.2, 0) is 4.79 Å². The second-order valence-electron chi connectivity index (χ2n) is 6.42. The standard InChI is InChI=1S/C15H24N4O2/c1-10-17-15(21-18-10)12-5-3-7-19(9-12)14(20)8-11-4-2-6-13(11)16/h11-13H,2-9,16H2,1H3/t11-,12?,13+/m0/s1. The molecule has 1 aromatic rings. The first-order valence-corrected chi connectivity index (χ1v) is 7.97. The molecular formula is C15H24N4O2. The number of nitrogens with two attached hydrogens (primary N) is 1. The van der Waals surface area contributed by atoms with E-state index < -0.39 is 0 Å². The summed E-state index contributed by atoms with van der Waals surface area (Å²) in [7, 11) is 0. The minimum atomic E-state index is 0.182. The molecule has 1 amide bonds. The molecule has 1 saturated carbocycles. The normalized spacial score (nSPS) is 29.8. The summed E-state index contributed by atoms with van der Waals surface area (Å²) < 4.78 is 5.26. The Morgan fingerprint density at radius 2 is 2.24 bits per heavy atom. The third-order valence-corrected chi connectivity index (χ3v) is 4.82. The molecule has 6 nitrogen and oxygen atoms in total. The maximum absolute atomic E-state index is 12.5. The molecule has 2 fully saturated rings. The minimum Gasteiger partial charge on any atom is -0.342 e. The van der Waals surface area contributed by atoms with Crippen LogP contribution in [0.5, 0.6) is 0 Å². The number of carbonyl (C=O) groups is 1. The molecule has 1 saturated heterocycles. The van der Waals surface area contributed by atoms with Crippen LogP contribution >= 0.6 is 0 Å². The molecule has 2 aliphatic rings. The number of rotatable bonds is 3. The second kappa shape index (κ2) is 6.13. The van der Waals surface area contributed by atoms with E-state index in [4.69, 9.17) is 10.3 Å². The van der Waals surface area contributed by atoms with Crippen molar-refractivity contribution in [3.63, 3.8) is 0 Å². The van der Waals surface area contributed by atoms with Crippen LogP contribution in [0, 0.1) is 12.8 Å². The fourth-order valence-corrected chi connectivity index (χ4v) is 3.56. The Hall–Kier alpha value is -1.43. The van der Waals surface area contributed by atoms with Crippen LogP contribution in [0.1, 0.15) is 56.2 Å². The number of aryl methyl sites for hydroxylation is 1. The van der Waals surface area contributed by atoms with E-state index in [0.717, 1.165) is 38.6 Å². The van der Waals surface area contributed by atoms with Crippen molar-refractivity contribution in [1.82, 2.24) is 15.0 Å². The highest BCUT2D eigenvalue weighted by molar-refractivity contribution is 5.76. The van der Waals surface area contributed by atoms with Gasteiger partial charge in [0.25, 0.3) is 0 Å². The van der Waals surface area contributed by atoms with E-state index in [1.807, 2.05) is 11.8 Å². The van der Waals surface area contributed by atoms with E-state index in [2.05, 4.69) is 10.1 Å². The van der Waals surface area contributed by atoms with Gasteiger partial charge in [-0.2, -0.15) is 4.98 Å².